The number of rotatable bonds is 7. The third-order valence-electron chi connectivity index (χ3n) is 5.46. The number of aromatic nitrogens is 2. The third kappa shape index (κ3) is 4.57. The molecular formula is C25H25N3O3S. The van der Waals surface area contributed by atoms with E-state index < -0.39 is 0 Å². The number of benzene rings is 2. The first-order valence-corrected chi connectivity index (χ1v) is 11.3. The van der Waals surface area contributed by atoms with Gasteiger partial charge in [0.05, 0.1) is 19.0 Å². The molecular weight excluding hydrogens is 422 g/mol. The lowest BCUT2D eigenvalue weighted by Crippen LogP contribution is -2.33. The van der Waals surface area contributed by atoms with Gasteiger partial charge in [0.2, 0.25) is 5.91 Å². The minimum Gasteiger partial charge on any atom is -0.497 e. The Labute approximate surface area is 190 Å². The SMILES string of the molecule is CCc1ccc(CN(C)C(=O)Cn2cnc3cc(-c4ccc(OC)cc4)sc3c2=O)cc1. The molecule has 1 amide bonds. The molecule has 0 aliphatic carbocycles. The molecule has 7 heteroatoms. The zero-order chi connectivity index (χ0) is 22.7. The van der Waals surface area contributed by atoms with Gasteiger partial charge in [-0.15, -0.1) is 11.3 Å². The Morgan fingerprint density at radius 1 is 1.09 bits per heavy atom. The van der Waals surface area contributed by atoms with Crippen molar-refractivity contribution in [2.75, 3.05) is 14.2 Å². The van der Waals surface area contributed by atoms with Gasteiger partial charge in [0.15, 0.2) is 0 Å². The molecule has 4 rings (SSSR count). The highest BCUT2D eigenvalue weighted by atomic mass is 32.1. The van der Waals surface area contributed by atoms with Crippen LogP contribution in [0, 0.1) is 0 Å². The van der Waals surface area contributed by atoms with Crippen molar-refractivity contribution < 1.29 is 9.53 Å². The van der Waals surface area contributed by atoms with Crippen molar-refractivity contribution in [3.63, 3.8) is 0 Å². The fourth-order valence-electron chi connectivity index (χ4n) is 3.46. The van der Waals surface area contributed by atoms with Gasteiger partial charge in [0.25, 0.3) is 5.56 Å². The molecule has 0 aliphatic rings. The smallest absolute Gasteiger partial charge is 0.271 e. The van der Waals surface area contributed by atoms with Gasteiger partial charge in [-0.1, -0.05) is 31.2 Å². The quantitative estimate of drug-likeness (QED) is 0.422. The lowest BCUT2D eigenvalue weighted by atomic mass is 10.1. The maximum atomic E-state index is 13.0. The van der Waals surface area contributed by atoms with Crippen molar-refractivity contribution in [2.45, 2.75) is 26.4 Å². The van der Waals surface area contributed by atoms with Gasteiger partial charge in [-0.05, 0) is 53.4 Å². The van der Waals surface area contributed by atoms with Crippen LogP contribution in [0.1, 0.15) is 18.1 Å². The Kier molecular flexibility index (Phi) is 6.37. The van der Waals surface area contributed by atoms with Gasteiger partial charge in [0.1, 0.15) is 17.0 Å². The number of fused-ring (bicyclic) bond motifs is 1. The molecule has 0 radical (unpaired) electrons. The van der Waals surface area contributed by atoms with E-state index >= 15 is 0 Å². The minimum atomic E-state index is -0.200. The lowest BCUT2D eigenvalue weighted by molar-refractivity contribution is -0.131. The number of ether oxygens (including phenoxy) is 1. The van der Waals surface area contributed by atoms with E-state index in [1.807, 2.05) is 42.5 Å². The van der Waals surface area contributed by atoms with E-state index in [1.165, 1.54) is 27.8 Å². The second-order valence-corrected chi connectivity index (χ2v) is 8.70. The molecule has 0 fully saturated rings. The zero-order valence-corrected chi connectivity index (χ0v) is 19.2. The molecule has 0 aliphatic heterocycles. The van der Waals surface area contributed by atoms with Crippen LogP contribution in [0.5, 0.6) is 5.75 Å². The topological polar surface area (TPSA) is 64.4 Å². The molecule has 32 heavy (non-hydrogen) atoms. The molecule has 4 aromatic rings. The number of likely N-dealkylation sites (N-methyl/N-ethyl adjacent to an activating group) is 1. The van der Waals surface area contributed by atoms with E-state index in [-0.39, 0.29) is 18.0 Å². The summed E-state index contributed by atoms with van der Waals surface area (Å²) in [5.74, 6) is 0.638. The fourth-order valence-corrected chi connectivity index (χ4v) is 4.53. The Balaban J connectivity index is 1.51. The summed E-state index contributed by atoms with van der Waals surface area (Å²) >= 11 is 1.38. The fraction of sp³-hybridized carbons (Fsp3) is 0.240. The molecule has 0 bridgehead atoms. The predicted molar refractivity (Wildman–Crippen MR) is 128 cm³/mol. The number of amides is 1. The largest absolute Gasteiger partial charge is 0.497 e. The standard InChI is InChI=1S/C25H25N3O3S/c1-4-17-5-7-18(8-6-17)14-27(2)23(29)15-28-16-26-21-13-22(32-24(21)25(28)30)19-9-11-20(31-3)12-10-19/h5-13,16H,4,14-15H2,1-3H3. The van der Waals surface area contributed by atoms with E-state index in [9.17, 15) is 9.59 Å². The summed E-state index contributed by atoms with van der Waals surface area (Å²) in [4.78, 5) is 32.7. The molecule has 0 saturated heterocycles. The van der Waals surface area contributed by atoms with Crippen LogP contribution in [0.4, 0.5) is 0 Å². The highest BCUT2D eigenvalue weighted by molar-refractivity contribution is 7.22. The van der Waals surface area contributed by atoms with Crippen LogP contribution >= 0.6 is 11.3 Å². The van der Waals surface area contributed by atoms with Gasteiger partial charge in [0, 0.05) is 18.5 Å². The maximum Gasteiger partial charge on any atom is 0.271 e. The summed E-state index contributed by atoms with van der Waals surface area (Å²) in [5.41, 5.74) is 3.75. The Hall–Kier alpha value is -3.45. The van der Waals surface area contributed by atoms with Crippen molar-refractivity contribution in [3.05, 3.63) is 82.4 Å². The van der Waals surface area contributed by atoms with Crippen LogP contribution in [0.2, 0.25) is 0 Å². The van der Waals surface area contributed by atoms with E-state index in [0.29, 0.717) is 16.8 Å². The van der Waals surface area contributed by atoms with Crippen molar-refractivity contribution in [2.24, 2.45) is 0 Å². The molecule has 164 valence electrons. The Morgan fingerprint density at radius 3 is 2.44 bits per heavy atom. The van der Waals surface area contributed by atoms with Crippen molar-refractivity contribution in [1.29, 1.82) is 0 Å². The third-order valence-corrected chi connectivity index (χ3v) is 6.62. The Bertz CT molecular complexity index is 1290. The average molecular weight is 448 g/mol. The molecule has 2 heterocycles. The van der Waals surface area contributed by atoms with Crippen LogP contribution in [0.25, 0.3) is 20.7 Å². The molecule has 0 atom stereocenters. The summed E-state index contributed by atoms with van der Waals surface area (Å²) in [5, 5.41) is 0. The number of thiophene rings is 1. The summed E-state index contributed by atoms with van der Waals surface area (Å²) in [6.07, 6.45) is 2.44. The zero-order valence-electron chi connectivity index (χ0n) is 18.4. The molecule has 0 unspecified atom stereocenters. The van der Waals surface area contributed by atoms with E-state index in [0.717, 1.165) is 28.2 Å². The second-order valence-electron chi connectivity index (χ2n) is 7.65. The van der Waals surface area contributed by atoms with E-state index in [2.05, 4.69) is 24.0 Å². The van der Waals surface area contributed by atoms with Crippen molar-refractivity contribution in [3.8, 4) is 16.2 Å². The summed E-state index contributed by atoms with van der Waals surface area (Å²) in [6.45, 7) is 2.57. The van der Waals surface area contributed by atoms with Gasteiger partial charge >= 0.3 is 0 Å². The maximum absolute atomic E-state index is 13.0. The van der Waals surface area contributed by atoms with E-state index in [4.69, 9.17) is 4.74 Å². The molecule has 0 N–H and O–H groups in total. The van der Waals surface area contributed by atoms with Gasteiger partial charge in [-0.2, -0.15) is 0 Å². The molecule has 6 nitrogen and oxygen atoms in total. The number of carbonyl (C=O) groups is 1. The molecule has 0 saturated carbocycles. The number of nitrogens with zero attached hydrogens (tertiary/aromatic N) is 3. The number of carbonyl (C=O) groups excluding carboxylic acids is 1. The van der Waals surface area contributed by atoms with Crippen LogP contribution in [-0.4, -0.2) is 34.5 Å². The first-order valence-electron chi connectivity index (χ1n) is 10.4. The molecule has 0 spiro atoms. The number of hydrogen-bond acceptors (Lipinski definition) is 5. The first-order chi connectivity index (χ1) is 15.5. The van der Waals surface area contributed by atoms with Crippen molar-refractivity contribution in [1.82, 2.24) is 14.5 Å². The second kappa shape index (κ2) is 9.36. The van der Waals surface area contributed by atoms with Crippen LogP contribution in [-0.2, 0) is 24.3 Å². The van der Waals surface area contributed by atoms with Gasteiger partial charge in [-0.3, -0.25) is 14.2 Å². The van der Waals surface area contributed by atoms with Gasteiger partial charge in [-0.25, -0.2) is 4.98 Å². The Morgan fingerprint density at radius 2 is 1.78 bits per heavy atom. The van der Waals surface area contributed by atoms with Crippen LogP contribution in [0.15, 0.2) is 65.7 Å². The minimum absolute atomic E-state index is 0.0406. The molecule has 2 aromatic carbocycles. The van der Waals surface area contributed by atoms with Crippen molar-refractivity contribution >= 4 is 27.5 Å². The summed E-state index contributed by atoms with van der Waals surface area (Å²) < 4.78 is 7.13. The number of aryl methyl sites for hydroxylation is 1. The number of methoxy groups -OCH3 is 1. The van der Waals surface area contributed by atoms with Crippen LogP contribution < -0.4 is 10.3 Å². The highest BCUT2D eigenvalue weighted by Gasteiger charge is 2.15. The monoisotopic (exact) mass is 447 g/mol. The first kappa shape index (κ1) is 21.8. The summed E-state index contributed by atoms with van der Waals surface area (Å²) in [7, 11) is 3.38. The average Bonchev–Trinajstić information content (AvgIpc) is 3.26. The lowest BCUT2D eigenvalue weighted by Gasteiger charge is -2.18. The number of hydrogen-bond donors (Lipinski definition) is 0. The van der Waals surface area contributed by atoms with Crippen LogP contribution in [0.3, 0.4) is 0 Å². The van der Waals surface area contributed by atoms with E-state index in [1.54, 1.807) is 19.1 Å². The summed E-state index contributed by atoms with van der Waals surface area (Å²) in [6, 6.07) is 17.8. The van der Waals surface area contributed by atoms with Gasteiger partial charge < -0.3 is 9.64 Å². The highest BCUT2D eigenvalue weighted by Crippen LogP contribution is 2.31. The molecule has 2 aromatic heterocycles. The predicted octanol–water partition coefficient (Wildman–Crippen LogP) is 4.35. The normalized spacial score (nSPS) is 11.0.